The van der Waals surface area contributed by atoms with Gasteiger partial charge in [-0.25, -0.2) is 0 Å². The van der Waals surface area contributed by atoms with Crippen LogP contribution in [0.25, 0.3) is 0 Å². The topological polar surface area (TPSA) is 54.5 Å². The molecule has 0 saturated carbocycles. The molecule has 2 rings (SSSR count). The molecule has 108 valence electrons. The zero-order valence-corrected chi connectivity index (χ0v) is 12.6. The summed E-state index contributed by atoms with van der Waals surface area (Å²) in [6.45, 7) is 1.48. The molecular weight excluding hydrogens is 288 g/mol. The number of nitrogens with zero attached hydrogens (tertiary/aromatic N) is 1. The monoisotopic (exact) mass is 303 g/mol. The Morgan fingerprint density at radius 1 is 1.19 bits per heavy atom. The quantitative estimate of drug-likeness (QED) is 0.514. The number of halogens is 1. The molecule has 0 aromatic heterocycles. The Bertz CT molecular complexity index is 684. The molecule has 0 atom stereocenters. The van der Waals surface area contributed by atoms with Crippen LogP contribution in [-0.2, 0) is 4.79 Å². The lowest BCUT2D eigenvalue weighted by atomic mass is 10.00. The lowest BCUT2D eigenvalue weighted by molar-refractivity contribution is -0.736. The normalized spacial score (nSPS) is 11.3. The number of anilines is 1. The Morgan fingerprint density at radius 3 is 2.43 bits per heavy atom. The van der Waals surface area contributed by atoms with E-state index in [0.717, 1.165) is 5.56 Å². The van der Waals surface area contributed by atoms with E-state index in [0.29, 0.717) is 22.0 Å². The summed E-state index contributed by atoms with van der Waals surface area (Å²) >= 11 is 6.06. The van der Waals surface area contributed by atoms with Gasteiger partial charge < -0.3 is 4.90 Å². The molecule has 5 heteroatoms. The fraction of sp³-hybridized carbons (Fsp3) is 0.125. The number of carbonyl (C=O) groups excluding carboxylic acids is 1. The Labute approximate surface area is 128 Å². The van der Waals surface area contributed by atoms with Crippen LogP contribution in [0.2, 0.25) is 5.02 Å². The van der Waals surface area contributed by atoms with Gasteiger partial charge in [-0.15, -0.1) is 0 Å². The second-order valence-corrected chi connectivity index (χ2v) is 5.03. The number of hydrogen-bond acceptors (Lipinski definition) is 2. The number of nitrogens with one attached hydrogen (secondary N) is 1. The second kappa shape index (κ2) is 6.41. The molecule has 0 aliphatic carbocycles. The van der Waals surface area contributed by atoms with Gasteiger partial charge in [-0.05, 0) is 35.5 Å². The molecule has 4 nitrogen and oxygen atoms in total. The molecule has 0 unspecified atom stereocenters. The molecule has 0 aliphatic heterocycles. The smallest absolute Gasteiger partial charge is 0.264 e. The van der Waals surface area contributed by atoms with Crippen LogP contribution in [0.5, 0.6) is 0 Å². The predicted molar refractivity (Wildman–Crippen MR) is 82.9 cm³/mol. The van der Waals surface area contributed by atoms with Crippen LogP contribution < -0.4 is 10.1 Å². The van der Waals surface area contributed by atoms with Crippen LogP contribution in [0, 0.1) is 0 Å². The fourth-order valence-corrected chi connectivity index (χ4v) is 2.23. The summed E-state index contributed by atoms with van der Waals surface area (Å²) in [6.07, 6.45) is 0. The van der Waals surface area contributed by atoms with Crippen molar-refractivity contribution >= 4 is 28.9 Å². The molecule has 2 aromatic carbocycles. The van der Waals surface area contributed by atoms with Crippen molar-refractivity contribution in [1.29, 1.82) is 0 Å². The summed E-state index contributed by atoms with van der Waals surface area (Å²) < 4.78 is 0. The molecule has 0 aliphatic rings. The van der Waals surface area contributed by atoms with Crippen LogP contribution in [-0.4, -0.2) is 23.9 Å². The molecule has 0 bridgehead atoms. The van der Waals surface area contributed by atoms with Crippen LogP contribution in [0.15, 0.2) is 48.5 Å². The van der Waals surface area contributed by atoms with E-state index in [1.807, 2.05) is 30.3 Å². The van der Waals surface area contributed by atoms with Crippen LogP contribution in [0.3, 0.4) is 0 Å². The highest BCUT2D eigenvalue weighted by Gasteiger charge is 2.21. The fourth-order valence-electron chi connectivity index (χ4n) is 2.06. The molecular formula is C16H16ClN2O2+. The van der Waals surface area contributed by atoms with Crippen molar-refractivity contribution in [3.63, 3.8) is 0 Å². The maximum absolute atomic E-state index is 11.6. The first kappa shape index (κ1) is 15.1. The largest absolute Gasteiger partial charge is 0.315 e. The van der Waals surface area contributed by atoms with E-state index in [2.05, 4.69) is 5.16 Å². The van der Waals surface area contributed by atoms with Crippen molar-refractivity contribution in [2.24, 2.45) is 0 Å². The molecule has 0 fully saturated rings. The van der Waals surface area contributed by atoms with E-state index in [4.69, 9.17) is 11.6 Å². The molecule has 2 aromatic rings. The van der Waals surface area contributed by atoms with Gasteiger partial charge in [-0.2, -0.15) is 0 Å². The molecule has 0 saturated heterocycles. The van der Waals surface area contributed by atoms with Gasteiger partial charge in [0, 0.05) is 19.0 Å². The van der Waals surface area contributed by atoms with Crippen LogP contribution >= 0.6 is 11.6 Å². The number of benzene rings is 2. The lowest BCUT2D eigenvalue weighted by Gasteiger charge is -2.18. The highest BCUT2D eigenvalue weighted by Crippen LogP contribution is 2.25. The molecule has 0 radical (unpaired) electrons. The first-order chi connectivity index (χ1) is 10.0. The van der Waals surface area contributed by atoms with E-state index in [1.165, 1.54) is 11.8 Å². The van der Waals surface area contributed by atoms with Crippen molar-refractivity contribution in [3.05, 3.63) is 64.7 Å². The Hall–Kier alpha value is -2.33. The Balaban J connectivity index is 2.61. The van der Waals surface area contributed by atoms with Gasteiger partial charge in [-0.1, -0.05) is 29.8 Å². The first-order valence-electron chi connectivity index (χ1n) is 6.41. The minimum absolute atomic E-state index is 0.107. The van der Waals surface area contributed by atoms with E-state index in [-0.39, 0.29) is 5.91 Å². The van der Waals surface area contributed by atoms with E-state index in [9.17, 15) is 10.0 Å². The Morgan fingerprint density at radius 2 is 1.86 bits per heavy atom. The molecule has 21 heavy (non-hydrogen) atoms. The van der Waals surface area contributed by atoms with Crippen molar-refractivity contribution in [2.45, 2.75) is 6.92 Å². The SMILES string of the molecule is CC(=O)N(C)c1ccc(Cl)cc1/C(=[NH+]/O)c1ccccc1. The maximum Gasteiger partial charge on any atom is 0.264 e. The Kier molecular flexibility index (Phi) is 4.60. The zero-order chi connectivity index (χ0) is 15.4. The average molecular weight is 304 g/mol. The van der Waals surface area contributed by atoms with Crippen LogP contribution in [0.4, 0.5) is 5.69 Å². The first-order valence-corrected chi connectivity index (χ1v) is 6.79. The van der Waals surface area contributed by atoms with Gasteiger partial charge in [0.25, 0.3) is 5.71 Å². The lowest BCUT2D eigenvalue weighted by Crippen LogP contribution is -2.69. The van der Waals surface area contributed by atoms with Crippen LogP contribution in [0.1, 0.15) is 18.1 Å². The van der Waals surface area contributed by atoms with E-state index < -0.39 is 0 Å². The molecule has 0 spiro atoms. The summed E-state index contributed by atoms with van der Waals surface area (Å²) in [5.41, 5.74) is 2.59. The van der Waals surface area contributed by atoms with Crippen molar-refractivity contribution in [1.82, 2.24) is 0 Å². The summed E-state index contributed by atoms with van der Waals surface area (Å²) in [4.78, 5) is 13.1. The van der Waals surface area contributed by atoms with Gasteiger partial charge in [0.05, 0.1) is 16.8 Å². The summed E-state index contributed by atoms with van der Waals surface area (Å²) in [7, 11) is 1.68. The van der Waals surface area contributed by atoms with Crippen molar-refractivity contribution in [2.75, 3.05) is 11.9 Å². The van der Waals surface area contributed by atoms with Gasteiger partial charge in [0.2, 0.25) is 5.91 Å². The number of hydrogen-bond donors (Lipinski definition) is 2. The van der Waals surface area contributed by atoms with Gasteiger partial charge in [0.1, 0.15) is 0 Å². The molecule has 1 amide bonds. The predicted octanol–water partition coefficient (Wildman–Crippen LogP) is 1.63. The van der Waals surface area contributed by atoms with Crippen molar-refractivity contribution < 1.29 is 15.2 Å². The third kappa shape index (κ3) is 3.23. The molecule has 0 heterocycles. The third-order valence-electron chi connectivity index (χ3n) is 3.24. The summed E-state index contributed by atoms with van der Waals surface area (Å²) in [5, 5.41) is 12.3. The maximum atomic E-state index is 11.6. The van der Waals surface area contributed by atoms with Crippen molar-refractivity contribution in [3.8, 4) is 0 Å². The molecule has 2 N–H and O–H groups in total. The second-order valence-electron chi connectivity index (χ2n) is 4.59. The van der Waals surface area contributed by atoms with E-state index in [1.54, 1.807) is 25.2 Å². The van der Waals surface area contributed by atoms with E-state index >= 15 is 0 Å². The number of carbonyl (C=O) groups is 1. The average Bonchev–Trinajstić information content (AvgIpc) is 2.48. The minimum atomic E-state index is -0.107. The highest BCUT2D eigenvalue weighted by molar-refractivity contribution is 6.31. The van der Waals surface area contributed by atoms with Gasteiger partial charge in [0.15, 0.2) is 0 Å². The van der Waals surface area contributed by atoms with Gasteiger partial charge in [-0.3, -0.25) is 10.0 Å². The number of amides is 1. The number of rotatable bonds is 3. The summed E-state index contributed by atoms with van der Waals surface area (Å²) in [5.74, 6) is -0.107. The highest BCUT2D eigenvalue weighted by atomic mass is 35.5. The standard InChI is InChI=1S/C16H15ClN2O2/c1-11(20)19(2)15-9-8-13(17)10-14(15)16(18-21)12-6-4-3-5-7-12/h3-10,21H,1-2H3/p+1/b18-16+. The van der Waals surface area contributed by atoms with Gasteiger partial charge >= 0.3 is 0 Å². The zero-order valence-electron chi connectivity index (χ0n) is 11.8. The summed E-state index contributed by atoms with van der Waals surface area (Å²) in [6, 6.07) is 14.5. The minimum Gasteiger partial charge on any atom is -0.315 e. The third-order valence-corrected chi connectivity index (χ3v) is 3.47.